The van der Waals surface area contributed by atoms with Crippen molar-refractivity contribution < 1.29 is 19.6 Å². The summed E-state index contributed by atoms with van der Waals surface area (Å²) in [6.45, 7) is 12.8. The highest BCUT2D eigenvalue weighted by Crippen LogP contribution is 2.22. The second kappa shape index (κ2) is 8.21. The van der Waals surface area contributed by atoms with Crippen molar-refractivity contribution in [2.75, 3.05) is 26.2 Å². The largest absolute Gasteiger partial charge is 0.488 e. The fraction of sp³-hybridized carbons (Fsp3) is 0.611. The predicted molar refractivity (Wildman–Crippen MR) is 106 cm³/mol. The van der Waals surface area contributed by atoms with Gasteiger partial charge in [0.25, 0.3) is 0 Å². The van der Waals surface area contributed by atoms with Crippen molar-refractivity contribution in [1.29, 1.82) is 0 Å². The second-order valence-corrected chi connectivity index (χ2v) is 8.29. The van der Waals surface area contributed by atoms with Crippen LogP contribution in [0.1, 0.15) is 37.5 Å². The number of carbonyl (C=O) groups is 1. The van der Waals surface area contributed by atoms with Gasteiger partial charge in [0.05, 0.1) is 0 Å². The minimum atomic E-state index is -1.51. The van der Waals surface area contributed by atoms with Gasteiger partial charge >= 0.3 is 13.2 Å². The topological polar surface area (TPSA) is 73.2 Å². The van der Waals surface area contributed by atoms with E-state index in [-0.39, 0.29) is 6.09 Å². The van der Waals surface area contributed by atoms with Crippen LogP contribution < -0.4 is 5.46 Å². The van der Waals surface area contributed by atoms with E-state index >= 15 is 0 Å². The van der Waals surface area contributed by atoms with Crippen LogP contribution in [0.4, 0.5) is 4.79 Å². The lowest BCUT2D eigenvalue weighted by Gasteiger charge is -2.36. The highest BCUT2D eigenvalue weighted by Gasteiger charge is 2.26. The van der Waals surface area contributed by atoms with E-state index in [4.69, 9.17) is 4.74 Å². The molecule has 0 bridgehead atoms. The number of nitrogens with zero attached hydrogens (tertiary/aromatic N) is 2. The Balaban J connectivity index is 2.03. The molecule has 1 aliphatic heterocycles. The maximum atomic E-state index is 12.2. The zero-order valence-corrected chi connectivity index (χ0v) is 17.1. The Kier molecular flexibility index (Phi) is 6.66. The molecule has 26 heavy (non-hydrogen) atoms. The summed E-state index contributed by atoms with van der Waals surface area (Å²) >= 11 is 4.53. The van der Waals surface area contributed by atoms with Gasteiger partial charge in [-0.2, -0.15) is 0 Å². The van der Waals surface area contributed by atoms with E-state index in [9.17, 15) is 14.8 Å². The van der Waals surface area contributed by atoms with Crippen molar-refractivity contribution in [2.45, 2.75) is 51.7 Å². The first-order valence-electron chi connectivity index (χ1n) is 8.88. The van der Waals surface area contributed by atoms with Crippen LogP contribution in [0, 0.1) is 13.8 Å². The van der Waals surface area contributed by atoms with Gasteiger partial charge in [-0.1, -0.05) is 6.07 Å². The molecule has 1 aliphatic rings. The van der Waals surface area contributed by atoms with Crippen LogP contribution in [0.15, 0.2) is 11.0 Å². The molecule has 8 heteroatoms. The molecule has 1 fully saturated rings. The number of piperazine rings is 1. The molecule has 1 aromatic carbocycles. The molecule has 0 aromatic heterocycles. The van der Waals surface area contributed by atoms with E-state index in [1.807, 2.05) is 40.7 Å². The SMILES string of the molecule is Cc1c(CN2CCN(C(=O)OC(C)(C)C)CC2)cc(B(O)O)c(C)c1S. The van der Waals surface area contributed by atoms with Crippen molar-refractivity contribution in [3.8, 4) is 0 Å². The summed E-state index contributed by atoms with van der Waals surface area (Å²) in [6, 6.07) is 1.84. The van der Waals surface area contributed by atoms with Gasteiger partial charge in [-0.3, -0.25) is 4.90 Å². The molecule has 1 aromatic rings. The third kappa shape index (κ3) is 5.16. The van der Waals surface area contributed by atoms with Crippen molar-refractivity contribution >= 4 is 31.3 Å². The number of carbonyl (C=O) groups excluding carboxylic acids is 1. The molecule has 0 radical (unpaired) electrons. The van der Waals surface area contributed by atoms with Crippen molar-refractivity contribution in [3.63, 3.8) is 0 Å². The normalized spacial score (nSPS) is 15.9. The van der Waals surface area contributed by atoms with Gasteiger partial charge in [0, 0.05) is 37.6 Å². The first kappa shape index (κ1) is 21.1. The maximum absolute atomic E-state index is 12.2. The maximum Gasteiger partial charge on any atom is 0.488 e. The third-order valence-corrected chi connectivity index (χ3v) is 5.32. The van der Waals surface area contributed by atoms with Gasteiger partial charge in [-0.05, 0) is 56.8 Å². The third-order valence-electron chi connectivity index (χ3n) is 4.65. The van der Waals surface area contributed by atoms with Crippen LogP contribution in [0.25, 0.3) is 0 Å². The summed E-state index contributed by atoms with van der Waals surface area (Å²) in [4.78, 5) is 16.9. The van der Waals surface area contributed by atoms with Gasteiger partial charge < -0.3 is 19.7 Å². The zero-order valence-electron chi connectivity index (χ0n) is 16.2. The fourth-order valence-electron chi connectivity index (χ4n) is 3.06. The number of hydrogen-bond donors (Lipinski definition) is 3. The molecule has 2 rings (SSSR count). The molecule has 1 saturated heterocycles. The molecule has 0 aliphatic carbocycles. The van der Waals surface area contributed by atoms with Crippen LogP contribution in [0.3, 0.4) is 0 Å². The number of rotatable bonds is 3. The summed E-state index contributed by atoms with van der Waals surface area (Å²) in [5.74, 6) is 0. The Morgan fingerprint density at radius 3 is 2.27 bits per heavy atom. The molecule has 1 amide bonds. The molecule has 0 atom stereocenters. The van der Waals surface area contributed by atoms with Crippen molar-refractivity contribution in [1.82, 2.24) is 9.80 Å². The summed E-state index contributed by atoms with van der Waals surface area (Å²) < 4.78 is 5.42. The monoisotopic (exact) mass is 380 g/mol. The lowest BCUT2D eigenvalue weighted by molar-refractivity contribution is 0.0139. The summed E-state index contributed by atoms with van der Waals surface area (Å²) in [6.07, 6.45) is -0.271. The number of thiol groups is 1. The molecule has 2 N–H and O–H groups in total. The molecular formula is C18H29BN2O4S. The summed E-state index contributed by atoms with van der Waals surface area (Å²) in [5.41, 5.74) is 2.86. The second-order valence-electron chi connectivity index (χ2n) is 7.84. The standard InChI is InChI=1S/C18H29BN2O4S/c1-12-14(10-15(19(23)24)13(2)16(12)26)11-20-6-8-21(9-7-20)17(22)25-18(3,4)5/h10,23-24,26H,6-9,11H2,1-5H3. The van der Waals surface area contributed by atoms with E-state index < -0.39 is 12.7 Å². The van der Waals surface area contributed by atoms with Crippen LogP contribution in [-0.4, -0.2) is 64.8 Å². The lowest BCUT2D eigenvalue weighted by Crippen LogP contribution is -2.49. The Morgan fingerprint density at radius 2 is 1.77 bits per heavy atom. The smallest absolute Gasteiger partial charge is 0.444 e. The molecule has 0 spiro atoms. The quantitative estimate of drug-likeness (QED) is 0.545. The van der Waals surface area contributed by atoms with E-state index in [0.717, 1.165) is 34.7 Å². The minimum absolute atomic E-state index is 0.271. The highest BCUT2D eigenvalue weighted by molar-refractivity contribution is 7.80. The van der Waals surface area contributed by atoms with E-state index in [2.05, 4.69) is 17.5 Å². The molecule has 1 heterocycles. The number of ether oxygens (including phenoxy) is 1. The van der Waals surface area contributed by atoms with Gasteiger partial charge in [-0.15, -0.1) is 12.6 Å². The molecule has 6 nitrogen and oxygen atoms in total. The Hall–Kier alpha value is -1.22. The average Bonchev–Trinajstić information content (AvgIpc) is 2.54. The van der Waals surface area contributed by atoms with Crippen LogP contribution in [0.5, 0.6) is 0 Å². The zero-order chi connectivity index (χ0) is 19.6. The van der Waals surface area contributed by atoms with E-state index in [0.29, 0.717) is 25.1 Å². The van der Waals surface area contributed by atoms with Crippen molar-refractivity contribution in [3.05, 3.63) is 22.8 Å². The Morgan fingerprint density at radius 1 is 1.19 bits per heavy atom. The molecular weight excluding hydrogens is 351 g/mol. The highest BCUT2D eigenvalue weighted by atomic mass is 32.1. The van der Waals surface area contributed by atoms with Gasteiger partial charge in [0.2, 0.25) is 0 Å². The first-order valence-corrected chi connectivity index (χ1v) is 9.32. The van der Waals surface area contributed by atoms with Crippen LogP contribution >= 0.6 is 12.6 Å². The van der Waals surface area contributed by atoms with Crippen LogP contribution in [-0.2, 0) is 11.3 Å². The summed E-state index contributed by atoms with van der Waals surface area (Å²) in [5, 5.41) is 19.2. The van der Waals surface area contributed by atoms with E-state index in [1.165, 1.54) is 0 Å². The molecule has 0 saturated carbocycles. The Labute approximate surface area is 161 Å². The van der Waals surface area contributed by atoms with Crippen LogP contribution in [0.2, 0.25) is 0 Å². The van der Waals surface area contributed by atoms with Crippen molar-refractivity contribution in [2.24, 2.45) is 0 Å². The van der Waals surface area contributed by atoms with Gasteiger partial charge in [-0.25, -0.2) is 4.79 Å². The minimum Gasteiger partial charge on any atom is -0.444 e. The number of hydrogen-bond acceptors (Lipinski definition) is 6. The Bertz CT molecular complexity index is 668. The van der Waals surface area contributed by atoms with E-state index in [1.54, 1.807) is 4.90 Å². The summed E-state index contributed by atoms with van der Waals surface area (Å²) in [7, 11) is -1.51. The number of benzene rings is 1. The molecule has 0 unspecified atom stereocenters. The average molecular weight is 380 g/mol. The van der Waals surface area contributed by atoms with Gasteiger partial charge in [0.15, 0.2) is 0 Å². The number of amides is 1. The van der Waals surface area contributed by atoms with Gasteiger partial charge in [0.1, 0.15) is 5.60 Å². The predicted octanol–water partition coefficient (Wildman–Crippen LogP) is 1.32. The lowest BCUT2D eigenvalue weighted by atomic mass is 9.75. The fourth-order valence-corrected chi connectivity index (χ4v) is 3.34. The first-order chi connectivity index (χ1) is 12.0. The molecule has 144 valence electrons.